The lowest BCUT2D eigenvalue weighted by Gasteiger charge is -1.68. The maximum atomic E-state index is 5.01. The van der Waals surface area contributed by atoms with E-state index < -0.39 is 0 Å². The molecule has 0 aromatic heterocycles. The van der Waals surface area contributed by atoms with Gasteiger partial charge in [0.1, 0.15) is 0 Å². The largest absolute Gasteiger partial charge is 0.0838 e. The van der Waals surface area contributed by atoms with E-state index in [9.17, 15) is 0 Å². The van der Waals surface area contributed by atoms with Crippen LogP contribution in [0.1, 0.15) is 13.3 Å². The Hall–Kier alpha value is -0.520. The van der Waals surface area contributed by atoms with Gasteiger partial charge in [-0.15, -0.1) is 0 Å². The Labute approximate surface area is 39.2 Å². The Balaban J connectivity index is 2.85. The SMILES string of the molecule is [CH]=CC/[C]=C/C. The molecule has 0 saturated carbocycles. The highest BCUT2D eigenvalue weighted by Crippen LogP contribution is 1.76. The number of allylic oxidation sites excluding steroid dienone is 3. The van der Waals surface area contributed by atoms with Crippen LogP contribution in [0.2, 0.25) is 0 Å². The van der Waals surface area contributed by atoms with Crippen LogP contribution in [-0.4, -0.2) is 0 Å². The van der Waals surface area contributed by atoms with Crippen LogP contribution >= 0.6 is 0 Å². The van der Waals surface area contributed by atoms with Gasteiger partial charge in [-0.05, 0) is 19.4 Å². The first-order valence-corrected chi connectivity index (χ1v) is 1.96. The monoisotopic (exact) mass is 80.1 g/mol. The zero-order chi connectivity index (χ0) is 4.83. The van der Waals surface area contributed by atoms with Gasteiger partial charge >= 0.3 is 0 Å². The molecule has 0 spiro atoms. The van der Waals surface area contributed by atoms with E-state index in [1.807, 2.05) is 13.0 Å². The fourth-order valence-corrected chi connectivity index (χ4v) is 0.186. The van der Waals surface area contributed by atoms with E-state index in [2.05, 4.69) is 6.08 Å². The van der Waals surface area contributed by atoms with Crippen molar-refractivity contribution in [2.75, 3.05) is 0 Å². The fraction of sp³-hybridized carbons (Fsp3) is 0.333. The molecular formula is C6H8. The van der Waals surface area contributed by atoms with Crippen LogP contribution < -0.4 is 0 Å². The number of hydrogen-bond donors (Lipinski definition) is 0. The van der Waals surface area contributed by atoms with Crippen molar-refractivity contribution >= 4 is 0 Å². The molecule has 0 bridgehead atoms. The smallest absolute Gasteiger partial charge is 0.00949 e. The summed E-state index contributed by atoms with van der Waals surface area (Å²) in [6.07, 6.45) is 7.07. The standard InChI is InChI=1S/C6H8/c1-3-5-6-4-2/h1,3-4H,5H2,2H3. The Morgan fingerprint density at radius 2 is 2.50 bits per heavy atom. The molecule has 0 unspecified atom stereocenters. The summed E-state index contributed by atoms with van der Waals surface area (Å²) < 4.78 is 0. The molecule has 0 heteroatoms. The van der Waals surface area contributed by atoms with Gasteiger partial charge in [0.2, 0.25) is 0 Å². The van der Waals surface area contributed by atoms with E-state index >= 15 is 0 Å². The summed E-state index contributed by atoms with van der Waals surface area (Å²) >= 11 is 0. The second-order valence-corrected chi connectivity index (χ2v) is 0.933. The first kappa shape index (κ1) is 5.48. The lowest BCUT2D eigenvalue weighted by molar-refractivity contribution is 1.33. The first-order chi connectivity index (χ1) is 2.91. The Morgan fingerprint density at radius 1 is 1.83 bits per heavy atom. The van der Waals surface area contributed by atoms with Crippen molar-refractivity contribution in [3.63, 3.8) is 0 Å². The third-order valence-electron chi connectivity index (χ3n) is 0.440. The third kappa shape index (κ3) is 3.48. The Bertz CT molecular complexity index is 51.1. The predicted molar refractivity (Wildman–Crippen MR) is 27.0 cm³/mol. The summed E-state index contributed by atoms with van der Waals surface area (Å²) in [5.74, 6) is 0. The minimum Gasteiger partial charge on any atom is -0.0838 e. The predicted octanol–water partition coefficient (Wildman–Crippen LogP) is 1.74. The highest BCUT2D eigenvalue weighted by atomic mass is 13.6. The number of rotatable bonds is 2. The lowest BCUT2D eigenvalue weighted by Crippen LogP contribution is -1.50. The number of hydrogen-bond acceptors (Lipinski definition) is 0. The molecule has 0 rings (SSSR count). The van der Waals surface area contributed by atoms with Crippen molar-refractivity contribution in [1.29, 1.82) is 0 Å². The highest BCUT2D eigenvalue weighted by molar-refractivity contribution is 4.75. The average Bonchev–Trinajstić information content (AvgIpc) is 1.61. The molecule has 2 radical (unpaired) electrons. The molecule has 0 heterocycles. The van der Waals surface area contributed by atoms with Gasteiger partial charge in [0.15, 0.2) is 0 Å². The summed E-state index contributed by atoms with van der Waals surface area (Å²) in [6, 6.07) is 0. The molecular weight excluding hydrogens is 72.1 g/mol. The summed E-state index contributed by atoms with van der Waals surface area (Å²) in [7, 11) is 0. The highest BCUT2D eigenvalue weighted by Gasteiger charge is 1.59. The van der Waals surface area contributed by atoms with E-state index in [0.717, 1.165) is 6.42 Å². The van der Waals surface area contributed by atoms with Crippen molar-refractivity contribution in [3.05, 3.63) is 24.8 Å². The van der Waals surface area contributed by atoms with Crippen molar-refractivity contribution in [2.24, 2.45) is 0 Å². The third-order valence-corrected chi connectivity index (χ3v) is 0.440. The molecule has 0 saturated heterocycles. The molecule has 0 aliphatic rings. The minimum atomic E-state index is 0.760. The van der Waals surface area contributed by atoms with Crippen LogP contribution in [0.5, 0.6) is 0 Å². The van der Waals surface area contributed by atoms with Gasteiger partial charge in [0.05, 0.1) is 0 Å². The Morgan fingerprint density at radius 3 is 2.67 bits per heavy atom. The molecule has 6 heavy (non-hydrogen) atoms. The average molecular weight is 80.1 g/mol. The van der Waals surface area contributed by atoms with Crippen molar-refractivity contribution in [3.8, 4) is 0 Å². The van der Waals surface area contributed by atoms with Gasteiger partial charge in [0.25, 0.3) is 0 Å². The molecule has 0 aliphatic heterocycles. The van der Waals surface area contributed by atoms with Gasteiger partial charge in [-0.25, -0.2) is 0 Å². The summed E-state index contributed by atoms with van der Waals surface area (Å²) in [6.45, 7) is 6.93. The summed E-state index contributed by atoms with van der Waals surface area (Å²) in [5, 5.41) is 0. The van der Waals surface area contributed by atoms with Crippen LogP contribution in [0.25, 0.3) is 0 Å². The van der Waals surface area contributed by atoms with E-state index in [4.69, 9.17) is 6.58 Å². The molecule has 0 N–H and O–H groups in total. The molecule has 0 nitrogen and oxygen atoms in total. The molecule has 32 valence electrons. The lowest BCUT2D eigenvalue weighted by atomic mass is 10.4. The zero-order valence-corrected chi connectivity index (χ0v) is 3.94. The molecule has 0 aromatic rings. The second kappa shape index (κ2) is 4.48. The minimum absolute atomic E-state index is 0.760. The van der Waals surface area contributed by atoms with Crippen LogP contribution in [0.3, 0.4) is 0 Å². The van der Waals surface area contributed by atoms with E-state index in [1.54, 1.807) is 6.08 Å². The topological polar surface area (TPSA) is 0 Å². The van der Waals surface area contributed by atoms with Gasteiger partial charge in [-0.2, -0.15) is 0 Å². The van der Waals surface area contributed by atoms with E-state index in [1.165, 1.54) is 0 Å². The quantitative estimate of drug-likeness (QED) is 0.474. The van der Waals surface area contributed by atoms with Crippen molar-refractivity contribution in [1.82, 2.24) is 0 Å². The maximum absolute atomic E-state index is 5.01. The molecule has 0 aliphatic carbocycles. The fourth-order valence-electron chi connectivity index (χ4n) is 0.186. The summed E-state index contributed by atoms with van der Waals surface area (Å²) in [4.78, 5) is 0. The molecule has 0 atom stereocenters. The van der Waals surface area contributed by atoms with Gasteiger partial charge in [-0.1, -0.05) is 18.7 Å². The zero-order valence-electron chi connectivity index (χ0n) is 3.94. The maximum Gasteiger partial charge on any atom is -0.00949 e. The van der Waals surface area contributed by atoms with Crippen LogP contribution in [0.4, 0.5) is 0 Å². The van der Waals surface area contributed by atoms with Crippen LogP contribution in [-0.2, 0) is 0 Å². The Kier molecular flexibility index (Phi) is 4.09. The first-order valence-electron chi connectivity index (χ1n) is 1.96. The van der Waals surface area contributed by atoms with Gasteiger partial charge in [-0.3, -0.25) is 0 Å². The van der Waals surface area contributed by atoms with Crippen molar-refractivity contribution < 1.29 is 0 Å². The van der Waals surface area contributed by atoms with Gasteiger partial charge < -0.3 is 0 Å². The van der Waals surface area contributed by atoms with E-state index in [-0.39, 0.29) is 0 Å². The van der Waals surface area contributed by atoms with Gasteiger partial charge in [0, 0.05) is 0 Å². The molecule has 0 aromatic carbocycles. The second-order valence-electron chi connectivity index (χ2n) is 0.933. The van der Waals surface area contributed by atoms with Crippen LogP contribution in [0.15, 0.2) is 12.2 Å². The van der Waals surface area contributed by atoms with E-state index in [0.29, 0.717) is 0 Å². The molecule has 0 fully saturated rings. The van der Waals surface area contributed by atoms with Crippen LogP contribution in [0, 0.1) is 12.7 Å². The molecule has 0 amide bonds. The normalized spacial score (nSPS) is 9.50. The van der Waals surface area contributed by atoms with Crippen molar-refractivity contribution in [2.45, 2.75) is 13.3 Å². The summed E-state index contributed by atoms with van der Waals surface area (Å²) in [5.41, 5.74) is 0.